The Morgan fingerprint density at radius 1 is 1.33 bits per heavy atom. The first-order chi connectivity index (χ1) is 13.7. The van der Waals surface area contributed by atoms with E-state index in [4.69, 9.17) is 10.9 Å². The second-order valence-corrected chi connectivity index (χ2v) is 8.67. The fourth-order valence-corrected chi connectivity index (χ4v) is 3.57. The second-order valence-electron chi connectivity index (χ2n) is 6.91. The van der Waals surface area contributed by atoms with Crippen LogP contribution in [-0.2, 0) is 28.9 Å². The smallest absolute Gasteiger partial charge is 0.387 e. The number of aryl methyl sites for hydroxylation is 1. The predicted octanol–water partition coefficient (Wildman–Crippen LogP) is 3.35. The number of nitrogens with one attached hydrogen (secondary N) is 1. The third-order valence-corrected chi connectivity index (χ3v) is 5.49. The Morgan fingerprint density at radius 2 is 1.97 bits per heavy atom. The number of nitrogens with two attached hydrogens (primary N) is 2. The van der Waals surface area contributed by atoms with E-state index in [0.717, 1.165) is 6.92 Å². The van der Waals surface area contributed by atoms with Crippen molar-refractivity contribution >= 4 is 27.8 Å². The minimum Gasteiger partial charge on any atom is -0.387 e. The quantitative estimate of drug-likeness (QED) is 0.479. The van der Waals surface area contributed by atoms with E-state index in [1.54, 1.807) is 13.8 Å². The summed E-state index contributed by atoms with van der Waals surface area (Å²) in [5, 5.41) is 6.57. The maximum atomic E-state index is 14.0. The van der Waals surface area contributed by atoms with Crippen molar-refractivity contribution in [3.8, 4) is 0 Å². The molecule has 0 aliphatic heterocycles. The van der Waals surface area contributed by atoms with E-state index in [2.05, 4.69) is 19.7 Å². The van der Waals surface area contributed by atoms with Gasteiger partial charge in [-0.25, -0.2) is 23.5 Å². The van der Waals surface area contributed by atoms with Crippen molar-refractivity contribution in [3.63, 3.8) is 0 Å². The fraction of sp³-hybridized carbons (Fsp3) is 0.471. The SMILES string of the molecule is Cc1c(C(F)(F)F)nc2c(c1NC(=O)N=S(N)(=O)/C(N)=C(\F)C=NC(C)C)CCC2. The topological polar surface area (TPSA) is 136 Å². The van der Waals surface area contributed by atoms with Gasteiger partial charge >= 0.3 is 12.2 Å². The summed E-state index contributed by atoms with van der Waals surface area (Å²) in [6.07, 6.45) is -2.74. The molecule has 0 bridgehead atoms. The number of fused-ring (bicyclic) bond motifs is 1. The number of carbonyl (C=O) groups excluding carboxylic acids is 1. The molecule has 1 heterocycles. The molecule has 2 rings (SSSR count). The summed E-state index contributed by atoms with van der Waals surface area (Å²) in [6, 6.07) is -1.60. The van der Waals surface area contributed by atoms with Crippen LogP contribution in [0.15, 0.2) is 20.2 Å². The number of hydrogen-bond donors (Lipinski definition) is 3. The van der Waals surface area contributed by atoms with Crippen molar-refractivity contribution in [2.45, 2.75) is 52.3 Å². The van der Waals surface area contributed by atoms with E-state index < -0.39 is 38.7 Å². The van der Waals surface area contributed by atoms with Crippen molar-refractivity contribution in [1.82, 2.24) is 4.98 Å². The molecule has 1 aromatic rings. The van der Waals surface area contributed by atoms with E-state index in [1.807, 2.05) is 0 Å². The van der Waals surface area contributed by atoms with Gasteiger partial charge in [-0.2, -0.15) is 13.2 Å². The third kappa shape index (κ3) is 5.33. The number of hydrogen-bond acceptors (Lipinski definition) is 5. The van der Waals surface area contributed by atoms with Crippen molar-refractivity contribution in [1.29, 1.82) is 0 Å². The number of urea groups is 1. The fourth-order valence-electron chi connectivity index (χ4n) is 2.85. The van der Waals surface area contributed by atoms with Crippen LogP contribution < -0.4 is 16.2 Å². The monoisotopic (exact) mass is 450 g/mol. The first-order valence-corrected chi connectivity index (χ1v) is 10.5. The van der Waals surface area contributed by atoms with Crippen LogP contribution in [0.3, 0.4) is 0 Å². The number of nitrogens with zero attached hydrogens (tertiary/aromatic N) is 3. The summed E-state index contributed by atoms with van der Waals surface area (Å²) in [6.45, 7) is 4.46. The van der Waals surface area contributed by atoms with Gasteiger partial charge in [-0.15, -0.1) is 4.36 Å². The van der Waals surface area contributed by atoms with Gasteiger partial charge in [-0.3, -0.25) is 4.99 Å². The highest BCUT2D eigenvalue weighted by atomic mass is 32.2. The number of anilines is 1. The summed E-state index contributed by atoms with van der Waals surface area (Å²) < 4.78 is 69.4. The molecule has 0 saturated carbocycles. The van der Waals surface area contributed by atoms with Gasteiger partial charge in [0, 0.05) is 17.3 Å². The van der Waals surface area contributed by atoms with Gasteiger partial charge in [0.1, 0.15) is 5.69 Å². The molecule has 0 fully saturated rings. The number of rotatable bonds is 4. The molecule has 30 heavy (non-hydrogen) atoms. The van der Waals surface area contributed by atoms with Crippen LogP contribution in [0.1, 0.15) is 42.8 Å². The van der Waals surface area contributed by atoms with Crippen LogP contribution in [0.2, 0.25) is 0 Å². The van der Waals surface area contributed by atoms with Gasteiger partial charge in [0.15, 0.2) is 20.8 Å². The Kier molecular flexibility index (Phi) is 6.87. The summed E-state index contributed by atoms with van der Waals surface area (Å²) in [5.74, 6) is -1.23. The molecule has 5 N–H and O–H groups in total. The molecule has 166 valence electrons. The van der Waals surface area contributed by atoms with Crippen LogP contribution >= 0.6 is 0 Å². The minimum absolute atomic E-state index is 0.127. The van der Waals surface area contributed by atoms with Gasteiger partial charge in [0.25, 0.3) is 0 Å². The van der Waals surface area contributed by atoms with E-state index in [0.29, 0.717) is 31.0 Å². The normalized spacial score (nSPS) is 17.0. The Hall–Kier alpha value is -2.54. The molecule has 1 atom stereocenters. The van der Waals surface area contributed by atoms with Gasteiger partial charge < -0.3 is 11.1 Å². The van der Waals surface area contributed by atoms with Crippen molar-refractivity contribution in [3.05, 3.63) is 33.4 Å². The maximum absolute atomic E-state index is 14.0. The number of aromatic nitrogens is 1. The molecule has 8 nitrogen and oxygen atoms in total. The molecular weight excluding hydrogens is 428 g/mol. The number of carbonyl (C=O) groups is 1. The second kappa shape index (κ2) is 8.68. The molecule has 2 amide bonds. The maximum Gasteiger partial charge on any atom is 0.433 e. The van der Waals surface area contributed by atoms with E-state index >= 15 is 0 Å². The lowest BCUT2D eigenvalue weighted by Crippen LogP contribution is -2.25. The summed E-state index contributed by atoms with van der Waals surface area (Å²) in [7, 11) is -4.18. The van der Waals surface area contributed by atoms with E-state index in [9.17, 15) is 26.6 Å². The van der Waals surface area contributed by atoms with Crippen LogP contribution in [0.25, 0.3) is 0 Å². The molecule has 0 spiro atoms. The summed E-state index contributed by atoms with van der Waals surface area (Å²) in [5.41, 5.74) is 4.48. The highest BCUT2D eigenvalue weighted by Crippen LogP contribution is 2.38. The first-order valence-electron chi connectivity index (χ1n) is 8.88. The Balaban J connectivity index is 2.44. The molecular formula is C17H22F4N6O2S. The van der Waals surface area contributed by atoms with Crippen LogP contribution in [0, 0.1) is 6.92 Å². The lowest BCUT2D eigenvalue weighted by atomic mass is 10.1. The average molecular weight is 450 g/mol. The number of pyridine rings is 1. The molecule has 1 aromatic heterocycles. The number of halogens is 4. The standard InChI is InChI=1S/C17H22F4N6O2S/c1-8(2)24-7-11(18)15(22)30(23,29)27-16(28)26-13-9(3)14(17(19,20)21)25-12-6-4-5-10(12)13/h7-8H,4-6,22H2,1-3H3,(H3,23,25,26,27,28,29)/b15-11-,24-7?. The molecule has 13 heteroatoms. The van der Waals surface area contributed by atoms with Crippen LogP contribution in [0.4, 0.5) is 28.0 Å². The van der Waals surface area contributed by atoms with Gasteiger partial charge in [-0.05, 0) is 45.6 Å². The zero-order chi connectivity index (χ0) is 22.9. The number of alkyl halides is 3. The van der Waals surface area contributed by atoms with Crippen molar-refractivity contribution in [2.75, 3.05) is 5.32 Å². The van der Waals surface area contributed by atoms with Crippen molar-refractivity contribution < 1.29 is 26.6 Å². The molecule has 0 saturated heterocycles. The zero-order valence-corrected chi connectivity index (χ0v) is 17.3. The van der Waals surface area contributed by atoms with E-state index in [1.165, 1.54) is 0 Å². The summed E-state index contributed by atoms with van der Waals surface area (Å²) >= 11 is 0. The predicted molar refractivity (Wildman–Crippen MR) is 106 cm³/mol. The molecule has 1 aliphatic carbocycles. The average Bonchev–Trinajstić information content (AvgIpc) is 3.08. The van der Waals surface area contributed by atoms with Crippen LogP contribution in [-0.4, -0.2) is 27.5 Å². The van der Waals surface area contributed by atoms with Gasteiger partial charge in [0.2, 0.25) is 0 Å². The lowest BCUT2D eigenvalue weighted by Gasteiger charge is -2.17. The Morgan fingerprint density at radius 3 is 2.53 bits per heavy atom. The Labute approximate surface area is 171 Å². The van der Waals surface area contributed by atoms with Crippen molar-refractivity contribution in [2.24, 2.45) is 20.2 Å². The van der Waals surface area contributed by atoms with E-state index in [-0.39, 0.29) is 23.0 Å². The largest absolute Gasteiger partial charge is 0.433 e. The third-order valence-electron chi connectivity index (χ3n) is 4.22. The highest BCUT2D eigenvalue weighted by Gasteiger charge is 2.37. The molecule has 0 aromatic carbocycles. The number of allylic oxidation sites excluding steroid dienone is 1. The molecule has 1 unspecified atom stereocenters. The number of amides is 2. The zero-order valence-electron chi connectivity index (χ0n) is 16.5. The minimum atomic E-state index is -4.73. The Bertz CT molecular complexity index is 1040. The van der Waals surface area contributed by atoms with Gasteiger partial charge in [-0.1, -0.05) is 0 Å². The summed E-state index contributed by atoms with van der Waals surface area (Å²) in [4.78, 5) is 19.6. The van der Waals surface area contributed by atoms with Crippen LogP contribution in [0.5, 0.6) is 0 Å². The first kappa shape index (κ1) is 23.7. The highest BCUT2D eigenvalue weighted by molar-refractivity contribution is 7.95. The van der Waals surface area contributed by atoms with Gasteiger partial charge in [0.05, 0.1) is 11.9 Å². The molecule has 1 aliphatic rings. The molecule has 0 radical (unpaired) electrons. The lowest BCUT2D eigenvalue weighted by molar-refractivity contribution is -0.141. The number of aliphatic imine (C=N–C) groups is 1.